The molecule has 0 saturated carbocycles. The van der Waals surface area contributed by atoms with E-state index >= 15 is 0 Å². The van der Waals surface area contributed by atoms with Crippen LogP contribution in [0, 0.1) is 5.92 Å². The summed E-state index contributed by atoms with van der Waals surface area (Å²) in [5.74, 6) is 0.196. The van der Waals surface area contributed by atoms with E-state index in [1.165, 1.54) is 0 Å². The standard InChI is InChI=1S/C20H29N5O3/c1-13(2)12-25-8-7-21-19(27)17(25)10-18(26)22-11-14-5-6-15-16(9-14)24(4)20(28)23(15)3/h5-6,9,13,17H,7-8,10-12H2,1-4H3,(H,21,27)(H,22,26). The van der Waals surface area contributed by atoms with E-state index in [-0.39, 0.29) is 23.9 Å². The Hall–Kier alpha value is -2.61. The van der Waals surface area contributed by atoms with Crippen molar-refractivity contribution in [3.05, 3.63) is 34.2 Å². The monoisotopic (exact) mass is 387 g/mol. The summed E-state index contributed by atoms with van der Waals surface area (Å²) in [6, 6.07) is 5.28. The summed E-state index contributed by atoms with van der Waals surface area (Å²) < 4.78 is 3.19. The molecule has 2 heterocycles. The van der Waals surface area contributed by atoms with Gasteiger partial charge in [-0.2, -0.15) is 0 Å². The summed E-state index contributed by atoms with van der Waals surface area (Å²) in [5, 5.41) is 5.76. The molecule has 152 valence electrons. The summed E-state index contributed by atoms with van der Waals surface area (Å²) in [7, 11) is 3.47. The zero-order chi connectivity index (χ0) is 20.4. The lowest BCUT2D eigenvalue weighted by atomic mass is 10.1. The topological polar surface area (TPSA) is 88.4 Å². The minimum Gasteiger partial charge on any atom is -0.353 e. The molecule has 0 radical (unpaired) electrons. The van der Waals surface area contributed by atoms with Gasteiger partial charge >= 0.3 is 5.69 Å². The largest absolute Gasteiger partial charge is 0.353 e. The van der Waals surface area contributed by atoms with E-state index in [2.05, 4.69) is 29.4 Å². The summed E-state index contributed by atoms with van der Waals surface area (Å²) in [5.41, 5.74) is 2.51. The summed E-state index contributed by atoms with van der Waals surface area (Å²) in [4.78, 5) is 38.9. The van der Waals surface area contributed by atoms with Crippen LogP contribution < -0.4 is 16.3 Å². The maximum Gasteiger partial charge on any atom is 0.328 e. The van der Waals surface area contributed by atoms with E-state index < -0.39 is 6.04 Å². The highest BCUT2D eigenvalue weighted by Crippen LogP contribution is 2.15. The lowest BCUT2D eigenvalue weighted by molar-refractivity contribution is -0.134. The summed E-state index contributed by atoms with van der Waals surface area (Å²) >= 11 is 0. The Morgan fingerprint density at radius 3 is 2.64 bits per heavy atom. The van der Waals surface area contributed by atoms with Gasteiger partial charge in [0.1, 0.15) is 0 Å². The number of hydrogen-bond donors (Lipinski definition) is 2. The van der Waals surface area contributed by atoms with Crippen LogP contribution in [-0.2, 0) is 30.2 Å². The molecular formula is C20H29N5O3. The van der Waals surface area contributed by atoms with Crippen molar-refractivity contribution in [2.24, 2.45) is 20.0 Å². The van der Waals surface area contributed by atoms with E-state index in [0.717, 1.165) is 29.7 Å². The van der Waals surface area contributed by atoms with E-state index in [4.69, 9.17) is 0 Å². The van der Waals surface area contributed by atoms with Gasteiger partial charge in [0.25, 0.3) is 0 Å². The molecule has 1 atom stereocenters. The molecular weight excluding hydrogens is 358 g/mol. The third-order valence-corrected chi connectivity index (χ3v) is 5.25. The molecule has 2 amide bonds. The van der Waals surface area contributed by atoms with Gasteiger partial charge in [0, 0.05) is 40.3 Å². The van der Waals surface area contributed by atoms with Crippen LogP contribution in [-0.4, -0.2) is 51.5 Å². The number of rotatable bonds is 6. The molecule has 1 aromatic heterocycles. The van der Waals surface area contributed by atoms with Gasteiger partial charge in [-0.15, -0.1) is 0 Å². The number of hydrogen-bond acceptors (Lipinski definition) is 4. The minimum absolute atomic E-state index is 0.0789. The predicted octanol–water partition coefficient (Wildman–Crippen LogP) is 0.340. The number of carbonyl (C=O) groups is 2. The highest BCUT2D eigenvalue weighted by molar-refractivity contribution is 5.88. The fraction of sp³-hybridized carbons (Fsp3) is 0.550. The minimum atomic E-state index is -0.423. The molecule has 3 rings (SSSR count). The fourth-order valence-electron chi connectivity index (χ4n) is 3.78. The maximum absolute atomic E-state index is 12.5. The summed E-state index contributed by atoms with van der Waals surface area (Å²) in [6.45, 7) is 6.76. The van der Waals surface area contributed by atoms with Crippen LogP contribution in [0.2, 0.25) is 0 Å². The van der Waals surface area contributed by atoms with E-state index in [1.54, 1.807) is 23.2 Å². The molecule has 1 unspecified atom stereocenters. The first-order chi connectivity index (χ1) is 13.3. The first kappa shape index (κ1) is 20.1. The molecule has 8 nitrogen and oxygen atoms in total. The highest BCUT2D eigenvalue weighted by Gasteiger charge is 2.31. The third-order valence-electron chi connectivity index (χ3n) is 5.25. The van der Waals surface area contributed by atoms with Crippen molar-refractivity contribution < 1.29 is 9.59 Å². The molecule has 0 bridgehead atoms. The van der Waals surface area contributed by atoms with Gasteiger partial charge in [-0.3, -0.25) is 23.6 Å². The van der Waals surface area contributed by atoms with E-state index in [1.807, 2.05) is 18.2 Å². The lowest BCUT2D eigenvalue weighted by Crippen LogP contribution is -2.57. The van der Waals surface area contributed by atoms with Crippen molar-refractivity contribution in [1.29, 1.82) is 0 Å². The Balaban J connectivity index is 1.65. The second-order valence-corrected chi connectivity index (χ2v) is 7.90. The number of nitrogens with one attached hydrogen (secondary N) is 2. The van der Waals surface area contributed by atoms with Gasteiger partial charge in [-0.1, -0.05) is 19.9 Å². The number of fused-ring (bicyclic) bond motifs is 1. The molecule has 1 aliphatic rings. The number of aryl methyl sites for hydroxylation is 2. The molecule has 1 fully saturated rings. The second kappa shape index (κ2) is 8.18. The van der Waals surface area contributed by atoms with E-state index in [0.29, 0.717) is 19.0 Å². The van der Waals surface area contributed by atoms with Crippen molar-refractivity contribution in [2.75, 3.05) is 19.6 Å². The zero-order valence-electron chi connectivity index (χ0n) is 17.0. The molecule has 2 N–H and O–H groups in total. The molecule has 1 aromatic carbocycles. The van der Waals surface area contributed by atoms with Crippen LogP contribution >= 0.6 is 0 Å². The lowest BCUT2D eigenvalue weighted by Gasteiger charge is -2.35. The average Bonchev–Trinajstić information content (AvgIpc) is 2.86. The maximum atomic E-state index is 12.5. The second-order valence-electron chi connectivity index (χ2n) is 7.90. The van der Waals surface area contributed by atoms with Crippen molar-refractivity contribution >= 4 is 22.8 Å². The van der Waals surface area contributed by atoms with Crippen LogP contribution in [0.3, 0.4) is 0 Å². The molecule has 1 aliphatic heterocycles. The summed E-state index contributed by atoms with van der Waals surface area (Å²) in [6.07, 6.45) is 0.143. The smallest absolute Gasteiger partial charge is 0.328 e. The van der Waals surface area contributed by atoms with Crippen LogP contribution in [0.1, 0.15) is 25.8 Å². The quantitative estimate of drug-likeness (QED) is 0.748. The van der Waals surface area contributed by atoms with Crippen LogP contribution in [0.4, 0.5) is 0 Å². The number of aromatic nitrogens is 2. The number of amides is 2. The van der Waals surface area contributed by atoms with Crippen molar-refractivity contribution in [3.63, 3.8) is 0 Å². The molecule has 1 saturated heterocycles. The Labute approximate surface area is 164 Å². The van der Waals surface area contributed by atoms with Gasteiger partial charge in [0.2, 0.25) is 11.8 Å². The first-order valence-corrected chi connectivity index (χ1v) is 9.70. The number of carbonyl (C=O) groups excluding carboxylic acids is 2. The number of benzene rings is 1. The number of imidazole rings is 1. The Kier molecular flexibility index (Phi) is 5.88. The number of nitrogens with zero attached hydrogens (tertiary/aromatic N) is 3. The molecule has 2 aromatic rings. The Bertz CT molecular complexity index is 943. The molecule has 0 spiro atoms. The van der Waals surface area contributed by atoms with Crippen LogP contribution in [0.25, 0.3) is 11.0 Å². The van der Waals surface area contributed by atoms with Crippen molar-refractivity contribution in [1.82, 2.24) is 24.7 Å². The van der Waals surface area contributed by atoms with Crippen LogP contribution in [0.15, 0.2) is 23.0 Å². The fourth-order valence-corrected chi connectivity index (χ4v) is 3.78. The SMILES string of the molecule is CC(C)CN1CCNC(=O)C1CC(=O)NCc1ccc2c(c1)n(C)c(=O)n2C. The third kappa shape index (κ3) is 4.11. The van der Waals surface area contributed by atoms with Crippen molar-refractivity contribution in [3.8, 4) is 0 Å². The predicted molar refractivity (Wildman–Crippen MR) is 108 cm³/mol. The first-order valence-electron chi connectivity index (χ1n) is 9.70. The Morgan fingerprint density at radius 2 is 1.93 bits per heavy atom. The number of piperazine rings is 1. The Morgan fingerprint density at radius 1 is 1.21 bits per heavy atom. The average molecular weight is 387 g/mol. The van der Waals surface area contributed by atoms with Gasteiger partial charge < -0.3 is 10.6 Å². The van der Waals surface area contributed by atoms with Gasteiger partial charge in [0.15, 0.2) is 0 Å². The van der Waals surface area contributed by atoms with Crippen LogP contribution in [0.5, 0.6) is 0 Å². The van der Waals surface area contributed by atoms with Gasteiger partial charge in [-0.05, 0) is 23.6 Å². The molecule has 28 heavy (non-hydrogen) atoms. The van der Waals surface area contributed by atoms with Crippen molar-refractivity contribution in [2.45, 2.75) is 32.9 Å². The zero-order valence-corrected chi connectivity index (χ0v) is 17.0. The van der Waals surface area contributed by atoms with Gasteiger partial charge in [-0.25, -0.2) is 4.79 Å². The van der Waals surface area contributed by atoms with E-state index in [9.17, 15) is 14.4 Å². The van der Waals surface area contributed by atoms with Gasteiger partial charge in [0.05, 0.1) is 23.5 Å². The normalized spacial score (nSPS) is 17.9. The highest BCUT2D eigenvalue weighted by atomic mass is 16.2. The molecule has 8 heteroatoms. The molecule has 0 aliphatic carbocycles.